The molecule has 5 atom stereocenters. The van der Waals surface area contributed by atoms with Gasteiger partial charge in [0, 0.05) is 12.1 Å². The van der Waals surface area contributed by atoms with Crippen molar-refractivity contribution in [3.05, 3.63) is 0 Å². The lowest BCUT2D eigenvalue weighted by Crippen LogP contribution is -2.40. The average molecular weight is 191 g/mol. The summed E-state index contributed by atoms with van der Waals surface area (Å²) in [7, 11) is 0. The van der Waals surface area contributed by atoms with E-state index >= 15 is 0 Å². The minimum absolute atomic E-state index is 0.930. The van der Waals surface area contributed by atoms with Crippen LogP contribution in [0.15, 0.2) is 0 Å². The van der Waals surface area contributed by atoms with Gasteiger partial charge in [-0.3, -0.25) is 0 Å². The quantitative estimate of drug-likeness (QED) is 0.707. The van der Waals surface area contributed by atoms with Crippen molar-refractivity contribution < 1.29 is 0 Å². The van der Waals surface area contributed by atoms with E-state index in [2.05, 4.69) is 5.32 Å². The molecule has 0 aliphatic heterocycles. The molecule has 0 aromatic carbocycles. The van der Waals surface area contributed by atoms with Gasteiger partial charge in [-0.05, 0) is 62.2 Å². The predicted octanol–water partition coefficient (Wildman–Crippen LogP) is 2.56. The van der Waals surface area contributed by atoms with Crippen molar-refractivity contribution in [1.82, 2.24) is 5.32 Å². The zero-order valence-corrected chi connectivity index (χ0v) is 8.91. The molecule has 4 fully saturated rings. The predicted molar refractivity (Wildman–Crippen MR) is 57.0 cm³/mol. The minimum Gasteiger partial charge on any atom is -0.311 e. The molecule has 0 aromatic heterocycles. The van der Waals surface area contributed by atoms with E-state index in [0.29, 0.717) is 0 Å². The molecular formula is C13H21N. The van der Waals surface area contributed by atoms with Gasteiger partial charge in [0.1, 0.15) is 0 Å². The second kappa shape index (κ2) is 2.75. The summed E-state index contributed by atoms with van der Waals surface area (Å²) < 4.78 is 0. The number of hydrogen-bond donors (Lipinski definition) is 1. The molecule has 0 heterocycles. The van der Waals surface area contributed by atoms with E-state index in [0.717, 1.165) is 35.8 Å². The van der Waals surface area contributed by atoms with Crippen molar-refractivity contribution in [2.75, 3.05) is 0 Å². The van der Waals surface area contributed by atoms with Gasteiger partial charge in [0.15, 0.2) is 0 Å². The highest BCUT2D eigenvalue weighted by Gasteiger charge is 2.54. The fourth-order valence-corrected chi connectivity index (χ4v) is 4.81. The SMILES string of the molecule is C1CC2C3CC(NC4CC4)C(C3)C2C1. The lowest BCUT2D eigenvalue weighted by atomic mass is 9.79. The van der Waals surface area contributed by atoms with Crippen molar-refractivity contribution in [3.63, 3.8) is 0 Å². The summed E-state index contributed by atoms with van der Waals surface area (Å²) in [4.78, 5) is 0. The second-order valence-electron chi connectivity index (χ2n) is 6.20. The Kier molecular flexibility index (Phi) is 1.60. The van der Waals surface area contributed by atoms with Gasteiger partial charge in [-0.15, -0.1) is 0 Å². The standard InChI is InChI=1S/C13H21N/c1-2-10-8-6-12(11(10)3-1)13(7-8)14-9-4-5-9/h8-14H,1-7H2. The van der Waals surface area contributed by atoms with Crippen molar-refractivity contribution in [3.8, 4) is 0 Å². The van der Waals surface area contributed by atoms with E-state index in [4.69, 9.17) is 0 Å². The van der Waals surface area contributed by atoms with Crippen LogP contribution in [-0.4, -0.2) is 12.1 Å². The summed E-state index contributed by atoms with van der Waals surface area (Å²) in [6.45, 7) is 0. The first-order valence-corrected chi connectivity index (χ1v) is 6.68. The average Bonchev–Trinajstić information content (AvgIpc) is 2.65. The maximum atomic E-state index is 3.90. The van der Waals surface area contributed by atoms with Gasteiger partial charge in [-0.2, -0.15) is 0 Å². The topological polar surface area (TPSA) is 12.0 Å². The molecule has 78 valence electrons. The van der Waals surface area contributed by atoms with E-state index in [1.165, 1.54) is 19.3 Å². The van der Waals surface area contributed by atoms with Gasteiger partial charge >= 0.3 is 0 Å². The van der Waals surface area contributed by atoms with Crippen molar-refractivity contribution >= 4 is 0 Å². The molecule has 1 nitrogen and oxygen atoms in total. The van der Waals surface area contributed by atoms with Crippen LogP contribution in [0.1, 0.15) is 44.9 Å². The third kappa shape index (κ3) is 1.05. The molecule has 0 aromatic rings. The number of fused-ring (bicyclic) bond motifs is 5. The van der Waals surface area contributed by atoms with E-state index in [1.54, 1.807) is 25.7 Å². The summed E-state index contributed by atoms with van der Waals surface area (Å²) in [6, 6.07) is 1.87. The Morgan fingerprint density at radius 1 is 0.786 bits per heavy atom. The monoisotopic (exact) mass is 191 g/mol. The second-order valence-corrected chi connectivity index (χ2v) is 6.20. The highest BCUT2D eigenvalue weighted by Crippen LogP contribution is 2.58. The van der Waals surface area contributed by atoms with Crippen molar-refractivity contribution in [1.29, 1.82) is 0 Å². The molecule has 4 aliphatic carbocycles. The van der Waals surface area contributed by atoms with Gasteiger partial charge in [0.05, 0.1) is 0 Å². The zero-order chi connectivity index (χ0) is 9.12. The van der Waals surface area contributed by atoms with Crippen LogP contribution in [-0.2, 0) is 0 Å². The van der Waals surface area contributed by atoms with Gasteiger partial charge in [0.25, 0.3) is 0 Å². The first-order chi connectivity index (χ1) is 6.92. The Hall–Kier alpha value is -0.0400. The Bertz CT molecular complexity index is 246. The molecular weight excluding hydrogens is 170 g/mol. The van der Waals surface area contributed by atoms with Crippen LogP contribution in [0.5, 0.6) is 0 Å². The third-order valence-electron chi connectivity index (χ3n) is 5.46. The summed E-state index contributed by atoms with van der Waals surface area (Å²) >= 11 is 0. The third-order valence-corrected chi connectivity index (χ3v) is 5.46. The van der Waals surface area contributed by atoms with Crippen LogP contribution >= 0.6 is 0 Å². The largest absolute Gasteiger partial charge is 0.311 e. The molecule has 5 unspecified atom stereocenters. The van der Waals surface area contributed by atoms with Crippen LogP contribution in [0.4, 0.5) is 0 Å². The number of hydrogen-bond acceptors (Lipinski definition) is 1. The molecule has 1 heteroatoms. The maximum absolute atomic E-state index is 3.90. The molecule has 4 rings (SSSR count). The Morgan fingerprint density at radius 2 is 1.64 bits per heavy atom. The molecule has 4 aliphatic rings. The van der Waals surface area contributed by atoms with Crippen molar-refractivity contribution in [2.24, 2.45) is 23.7 Å². The van der Waals surface area contributed by atoms with Crippen LogP contribution in [0.3, 0.4) is 0 Å². The lowest BCUT2D eigenvalue weighted by Gasteiger charge is -2.32. The fourth-order valence-electron chi connectivity index (χ4n) is 4.81. The highest BCUT2D eigenvalue weighted by molar-refractivity contribution is 5.06. The van der Waals surface area contributed by atoms with E-state index in [9.17, 15) is 0 Å². The lowest BCUT2D eigenvalue weighted by molar-refractivity contribution is 0.208. The molecule has 1 N–H and O–H groups in total. The van der Waals surface area contributed by atoms with Crippen LogP contribution in [0, 0.1) is 23.7 Å². The summed E-state index contributed by atoms with van der Waals surface area (Å²) in [5.74, 6) is 4.53. The molecule has 0 saturated heterocycles. The normalized spacial score (nSPS) is 55.3. The van der Waals surface area contributed by atoms with E-state index in [1.807, 2.05) is 0 Å². The van der Waals surface area contributed by atoms with Gasteiger partial charge in [-0.1, -0.05) is 6.42 Å². The molecule has 0 radical (unpaired) electrons. The Morgan fingerprint density at radius 3 is 2.50 bits per heavy atom. The first kappa shape index (κ1) is 8.15. The van der Waals surface area contributed by atoms with Crippen LogP contribution in [0.25, 0.3) is 0 Å². The maximum Gasteiger partial charge on any atom is 0.0103 e. The molecule has 0 spiro atoms. The fraction of sp³-hybridized carbons (Fsp3) is 1.00. The molecule has 4 saturated carbocycles. The van der Waals surface area contributed by atoms with Crippen LogP contribution in [0.2, 0.25) is 0 Å². The van der Waals surface area contributed by atoms with Crippen molar-refractivity contribution in [2.45, 2.75) is 57.0 Å². The molecule has 2 bridgehead atoms. The number of nitrogens with one attached hydrogen (secondary N) is 1. The first-order valence-electron chi connectivity index (χ1n) is 6.68. The Labute approximate surface area is 86.6 Å². The minimum atomic E-state index is 0.930. The summed E-state index contributed by atoms with van der Waals surface area (Å²) in [5.41, 5.74) is 0. The Balaban J connectivity index is 1.51. The van der Waals surface area contributed by atoms with Gasteiger partial charge < -0.3 is 5.32 Å². The summed E-state index contributed by atoms with van der Waals surface area (Å²) in [5, 5.41) is 3.90. The van der Waals surface area contributed by atoms with Crippen LogP contribution < -0.4 is 5.32 Å². The molecule has 0 amide bonds. The van der Waals surface area contributed by atoms with Gasteiger partial charge in [0.2, 0.25) is 0 Å². The van der Waals surface area contributed by atoms with E-state index < -0.39 is 0 Å². The van der Waals surface area contributed by atoms with Gasteiger partial charge in [-0.25, -0.2) is 0 Å². The summed E-state index contributed by atoms with van der Waals surface area (Å²) in [6.07, 6.45) is 10.7. The highest BCUT2D eigenvalue weighted by atomic mass is 15.0. The molecule has 14 heavy (non-hydrogen) atoms. The smallest absolute Gasteiger partial charge is 0.0103 e. The number of rotatable bonds is 2. The zero-order valence-electron chi connectivity index (χ0n) is 8.91. The van der Waals surface area contributed by atoms with E-state index in [-0.39, 0.29) is 0 Å².